The van der Waals surface area contributed by atoms with Crippen molar-refractivity contribution < 1.29 is 9.59 Å². The molecule has 0 aromatic rings. The van der Waals surface area contributed by atoms with E-state index in [1.54, 1.807) is 0 Å². The Balaban J connectivity index is 1.91. The van der Waals surface area contributed by atoms with Crippen LogP contribution in [0.5, 0.6) is 0 Å². The van der Waals surface area contributed by atoms with Crippen molar-refractivity contribution in [1.82, 2.24) is 10.2 Å². The van der Waals surface area contributed by atoms with Gasteiger partial charge in [0, 0.05) is 13.1 Å². The Kier molecular flexibility index (Phi) is 2.18. The Labute approximate surface area is 113 Å². The number of amides is 2. The molecule has 104 valence electrons. The summed E-state index contributed by atoms with van der Waals surface area (Å²) in [7, 11) is 1.92. The molecule has 4 heteroatoms. The molecule has 4 atom stereocenters. The van der Waals surface area contributed by atoms with Gasteiger partial charge in [-0.2, -0.15) is 0 Å². The largest absolute Gasteiger partial charge is 0.349 e. The van der Waals surface area contributed by atoms with Crippen molar-refractivity contribution in [3.8, 4) is 0 Å². The average molecular weight is 262 g/mol. The predicted molar refractivity (Wildman–Crippen MR) is 70.3 cm³/mol. The number of carbonyl (C=O) groups is 2. The van der Waals surface area contributed by atoms with Crippen LogP contribution in [0.1, 0.15) is 51.4 Å². The SMILES string of the molecule is CN1C(=O)[C@@]23CCCC[C@@]24CC[C@@H](C(=O)N4)[C@H]1CC3. The maximum absolute atomic E-state index is 13.0. The first kappa shape index (κ1) is 11.7. The lowest BCUT2D eigenvalue weighted by Crippen LogP contribution is -2.76. The smallest absolute Gasteiger partial charge is 0.231 e. The Morgan fingerprint density at radius 1 is 1.11 bits per heavy atom. The molecule has 19 heavy (non-hydrogen) atoms. The number of piperidine rings is 2. The molecule has 5 heterocycles. The van der Waals surface area contributed by atoms with E-state index < -0.39 is 0 Å². The maximum atomic E-state index is 13.0. The van der Waals surface area contributed by atoms with Crippen LogP contribution in [0.3, 0.4) is 0 Å². The average Bonchev–Trinajstić information content (AvgIpc) is 2.37. The van der Waals surface area contributed by atoms with Gasteiger partial charge in [0.2, 0.25) is 11.8 Å². The third-order valence-electron chi connectivity index (χ3n) is 6.51. The van der Waals surface area contributed by atoms with Gasteiger partial charge in [0.05, 0.1) is 16.9 Å². The van der Waals surface area contributed by atoms with Gasteiger partial charge in [-0.3, -0.25) is 9.59 Å². The first-order chi connectivity index (χ1) is 9.10. The summed E-state index contributed by atoms with van der Waals surface area (Å²) < 4.78 is 0. The highest BCUT2D eigenvalue weighted by Gasteiger charge is 2.65. The van der Waals surface area contributed by atoms with E-state index in [1.165, 1.54) is 0 Å². The van der Waals surface area contributed by atoms with E-state index in [2.05, 4.69) is 5.32 Å². The maximum Gasteiger partial charge on any atom is 0.231 e. The highest BCUT2D eigenvalue weighted by molar-refractivity contribution is 5.91. The van der Waals surface area contributed by atoms with Crippen LogP contribution in [0.15, 0.2) is 0 Å². The first-order valence-electron chi connectivity index (χ1n) is 7.69. The van der Waals surface area contributed by atoms with Crippen LogP contribution in [-0.2, 0) is 9.59 Å². The third-order valence-corrected chi connectivity index (χ3v) is 6.51. The number of nitrogens with zero attached hydrogens (tertiary/aromatic N) is 1. The van der Waals surface area contributed by atoms with Crippen molar-refractivity contribution in [2.75, 3.05) is 7.05 Å². The molecular weight excluding hydrogens is 240 g/mol. The molecule has 4 nitrogen and oxygen atoms in total. The molecule has 5 aliphatic heterocycles. The van der Waals surface area contributed by atoms with E-state index in [-0.39, 0.29) is 28.8 Å². The van der Waals surface area contributed by atoms with Crippen LogP contribution in [-0.4, -0.2) is 35.3 Å². The molecule has 5 saturated heterocycles. The summed E-state index contributed by atoms with van der Waals surface area (Å²) in [4.78, 5) is 27.4. The van der Waals surface area contributed by atoms with Crippen molar-refractivity contribution >= 4 is 11.8 Å². The molecule has 2 saturated carbocycles. The van der Waals surface area contributed by atoms with Crippen molar-refractivity contribution in [2.24, 2.45) is 11.3 Å². The van der Waals surface area contributed by atoms with E-state index in [1.807, 2.05) is 11.9 Å². The summed E-state index contributed by atoms with van der Waals surface area (Å²) in [5.41, 5.74) is -0.521. The van der Waals surface area contributed by atoms with Crippen molar-refractivity contribution in [3.05, 3.63) is 0 Å². The Morgan fingerprint density at radius 3 is 2.68 bits per heavy atom. The molecular formula is C15H22N2O2. The monoisotopic (exact) mass is 262 g/mol. The normalized spacial score (nSPS) is 48.6. The molecule has 0 aromatic carbocycles. The number of hydrogen-bond acceptors (Lipinski definition) is 2. The minimum atomic E-state index is -0.294. The standard InChI is InChI=1S/C15H22N2O2/c1-17-11-5-8-14(13(17)19)6-2-3-7-15(14)9-4-10(11)12(18)16-15/h10-11H,2-9H2,1H3,(H,16,18)/t10-,11-,14+,15-/m1/s1. The number of carbonyl (C=O) groups excluding carboxylic acids is 2. The molecule has 1 N–H and O–H groups in total. The first-order valence-corrected chi connectivity index (χ1v) is 7.69. The number of nitrogens with one attached hydrogen (secondary N) is 1. The second-order valence-electron chi connectivity index (χ2n) is 7.03. The minimum Gasteiger partial charge on any atom is -0.349 e. The molecule has 2 amide bonds. The molecule has 0 aromatic heterocycles. The van der Waals surface area contributed by atoms with Crippen LogP contribution in [0.25, 0.3) is 0 Å². The van der Waals surface area contributed by atoms with Gasteiger partial charge in [-0.05, 0) is 38.5 Å². The Hall–Kier alpha value is -1.06. The number of rotatable bonds is 0. The van der Waals surface area contributed by atoms with Gasteiger partial charge in [0.25, 0.3) is 0 Å². The number of hydrogen-bond donors (Lipinski definition) is 1. The fourth-order valence-electron chi connectivity index (χ4n) is 5.50. The van der Waals surface area contributed by atoms with E-state index >= 15 is 0 Å². The van der Waals surface area contributed by atoms with Crippen LogP contribution >= 0.6 is 0 Å². The van der Waals surface area contributed by atoms with Crippen LogP contribution in [0.2, 0.25) is 0 Å². The zero-order valence-corrected chi connectivity index (χ0v) is 11.6. The molecule has 2 spiro atoms. The fourth-order valence-corrected chi connectivity index (χ4v) is 5.50. The summed E-state index contributed by atoms with van der Waals surface area (Å²) in [5, 5.41) is 3.32. The van der Waals surface area contributed by atoms with Gasteiger partial charge in [-0.1, -0.05) is 12.8 Å². The van der Waals surface area contributed by atoms with E-state index in [9.17, 15) is 9.59 Å². The quantitative estimate of drug-likeness (QED) is 0.718. The van der Waals surface area contributed by atoms with E-state index in [0.717, 1.165) is 51.4 Å². The lowest BCUT2D eigenvalue weighted by atomic mass is 9.51. The highest BCUT2D eigenvalue weighted by atomic mass is 16.2. The zero-order chi connectivity index (χ0) is 13.3. The van der Waals surface area contributed by atoms with Crippen LogP contribution in [0.4, 0.5) is 0 Å². The second-order valence-corrected chi connectivity index (χ2v) is 7.03. The van der Waals surface area contributed by atoms with Crippen LogP contribution in [0, 0.1) is 11.3 Å². The Bertz CT molecular complexity index is 463. The predicted octanol–water partition coefficient (Wildman–Crippen LogP) is 1.45. The van der Waals surface area contributed by atoms with Crippen molar-refractivity contribution in [1.29, 1.82) is 0 Å². The molecule has 0 unspecified atom stereocenters. The molecule has 7 fully saturated rings. The lowest BCUT2D eigenvalue weighted by molar-refractivity contribution is -0.177. The molecule has 7 rings (SSSR count). The van der Waals surface area contributed by atoms with Crippen LogP contribution < -0.4 is 5.32 Å². The minimum absolute atomic E-state index is 0.0276. The summed E-state index contributed by atoms with van der Waals surface area (Å²) in [6, 6.07) is 0.137. The van der Waals surface area contributed by atoms with Gasteiger partial charge >= 0.3 is 0 Å². The van der Waals surface area contributed by atoms with Crippen molar-refractivity contribution in [3.63, 3.8) is 0 Å². The summed E-state index contributed by atoms with van der Waals surface area (Å²) in [6.07, 6.45) is 8.22. The molecule has 4 bridgehead atoms. The topological polar surface area (TPSA) is 49.4 Å². The summed E-state index contributed by atoms with van der Waals surface area (Å²) in [6.45, 7) is 0. The zero-order valence-electron chi connectivity index (χ0n) is 11.6. The Morgan fingerprint density at radius 2 is 1.89 bits per heavy atom. The van der Waals surface area contributed by atoms with E-state index in [4.69, 9.17) is 0 Å². The summed E-state index contributed by atoms with van der Waals surface area (Å²) in [5.74, 6) is 0.550. The lowest BCUT2D eigenvalue weighted by Gasteiger charge is -2.63. The molecule has 0 radical (unpaired) electrons. The van der Waals surface area contributed by atoms with E-state index in [0.29, 0.717) is 5.91 Å². The fraction of sp³-hybridized carbons (Fsp3) is 0.867. The van der Waals surface area contributed by atoms with Crippen molar-refractivity contribution in [2.45, 2.75) is 62.9 Å². The highest BCUT2D eigenvalue weighted by Crippen LogP contribution is 2.57. The second kappa shape index (κ2) is 3.53. The third kappa shape index (κ3) is 1.21. The summed E-state index contributed by atoms with van der Waals surface area (Å²) >= 11 is 0. The van der Waals surface area contributed by atoms with Gasteiger partial charge in [-0.15, -0.1) is 0 Å². The molecule has 7 aliphatic rings. The van der Waals surface area contributed by atoms with Gasteiger partial charge in [0.15, 0.2) is 0 Å². The van der Waals surface area contributed by atoms with Gasteiger partial charge < -0.3 is 10.2 Å². The van der Waals surface area contributed by atoms with Gasteiger partial charge in [0.1, 0.15) is 0 Å². The molecule has 2 aliphatic carbocycles. The van der Waals surface area contributed by atoms with Gasteiger partial charge in [-0.25, -0.2) is 0 Å².